The number of quaternary nitrogens is 1. The molecule has 2 heterocycles. The highest BCUT2D eigenvalue weighted by molar-refractivity contribution is 7.89. The van der Waals surface area contributed by atoms with Crippen LogP contribution in [0.3, 0.4) is 0 Å². The first-order valence-corrected chi connectivity index (χ1v) is 11.1. The standard InChI is InChI=1S/C19H29N3O3S/c1-15-9-13-21(14-10-15)16(2)19(23)20-17-5-7-18(8-6-17)26(24,25)22-11-3-4-12-22/h5-8,15-16H,3-4,9-14H2,1-2H3,(H,20,23)/p+1/t16-/m0/s1. The van der Waals surface area contributed by atoms with Gasteiger partial charge in [-0.05, 0) is 62.8 Å². The minimum absolute atomic E-state index is 0.00953. The molecule has 6 nitrogen and oxygen atoms in total. The zero-order chi connectivity index (χ0) is 18.7. The van der Waals surface area contributed by atoms with E-state index in [0.29, 0.717) is 23.7 Å². The average molecular weight is 381 g/mol. The number of carbonyl (C=O) groups excluding carboxylic acids is 1. The van der Waals surface area contributed by atoms with Crippen molar-refractivity contribution in [2.45, 2.75) is 50.5 Å². The van der Waals surface area contributed by atoms with Gasteiger partial charge in [-0.3, -0.25) is 4.79 Å². The molecular formula is C19H30N3O3S+. The number of rotatable bonds is 5. The molecule has 0 unspecified atom stereocenters. The van der Waals surface area contributed by atoms with Crippen molar-refractivity contribution >= 4 is 21.6 Å². The Hall–Kier alpha value is -1.44. The van der Waals surface area contributed by atoms with Gasteiger partial charge in [0.05, 0.1) is 18.0 Å². The lowest BCUT2D eigenvalue weighted by Gasteiger charge is -2.31. The fourth-order valence-electron chi connectivity index (χ4n) is 3.79. The zero-order valence-electron chi connectivity index (χ0n) is 15.7. The highest BCUT2D eigenvalue weighted by atomic mass is 32.2. The van der Waals surface area contributed by atoms with Gasteiger partial charge in [-0.15, -0.1) is 0 Å². The van der Waals surface area contributed by atoms with Gasteiger partial charge in [0.15, 0.2) is 6.04 Å². The highest BCUT2D eigenvalue weighted by Crippen LogP contribution is 2.22. The third kappa shape index (κ3) is 4.27. The third-order valence-electron chi connectivity index (χ3n) is 5.75. The first-order valence-electron chi connectivity index (χ1n) is 9.63. The minimum Gasteiger partial charge on any atom is -0.325 e. The van der Waals surface area contributed by atoms with Crippen LogP contribution in [0.2, 0.25) is 0 Å². The van der Waals surface area contributed by atoms with Crippen LogP contribution < -0.4 is 10.2 Å². The number of piperidine rings is 1. The molecule has 2 aliphatic heterocycles. The summed E-state index contributed by atoms with van der Waals surface area (Å²) >= 11 is 0. The van der Waals surface area contributed by atoms with E-state index in [1.807, 2.05) is 6.92 Å². The van der Waals surface area contributed by atoms with Crippen LogP contribution in [0.5, 0.6) is 0 Å². The maximum atomic E-state index is 12.5. The largest absolute Gasteiger partial charge is 0.325 e. The zero-order valence-corrected chi connectivity index (χ0v) is 16.5. The Balaban J connectivity index is 1.61. The van der Waals surface area contributed by atoms with Crippen LogP contribution >= 0.6 is 0 Å². The summed E-state index contributed by atoms with van der Waals surface area (Å²) in [4.78, 5) is 14.1. The number of benzene rings is 1. The second-order valence-electron chi connectivity index (χ2n) is 7.69. The summed E-state index contributed by atoms with van der Waals surface area (Å²) in [7, 11) is -3.41. The topological polar surface area (TPSA) is 70.9 Å². The molecule has 0 aliphatic carbocycles. The summed E-state index contributed by atoms with van der Waals surface area (Å²) in [6.07, 6.45) is 4.16. The van der Waals surface area contributed by atoms with Gasteiger partial charge in [0.2, 0.25) is 10.0 Å². The number of carbonyl (C=O) groups is 1. The van der Waals surface area contributed by atoms with E-state index < -0.39 is 10.0 Å². The van der Waals surface area contributed by atoms with Crippen LogP contribution in [0.4, 0.5) is 5.69 Å². The molecule has 1 atom stereocenters. The number of nitrogens with one attached hydrogen (secondary N) is 2. The molecule has 7 heteroatoms. The Labute approximate surface area is 156 Å². The van der Waals surface area contributed by atoms with Gasteiger partial charge in [-0.25, -0.2) is 8.42 Å². The second-order valence-corrected chi connectivity index (χ2v) is 9.63. The van der Waals surface area contributed by atoms with E-state index in [4.69, 9.17) is 0 Å². The van der Waals surface area contributed by atoms with Gasteiger partial charge >= 0.3 is 0 Å². The molecule has 2 saturated heterocycles. The lowest BCUT2D eigenvalue weighted by molar-refractivity contribution is -0.919. The van der Waals surface area contributed by atoms with E-state index in [1.54, 1.807) is 24.3 Å². The molecular weight excluding hydrogens is 350 g/mol. The Morgan fingerprint density at radius 3 is 2.31 bits per heavy atom. The molecule has 1 aromatic carbocycles. The molecule has 0 bridgehead atoms. The summed E-state index contributed by atoms with van der Waals surface area (Å²) in [5.41, 5.74) is 0.645. The maximum absolute atomic E-state index is 12.5. The van der Waals surface area contributed by atoms with E-state index in [2.05, 4.69) is 12.2 Å². The molecule has 144 valence electrons. The van der Waals surface area contributed by atoms with Crippen molar-refractivity contribution in [2.24, 2.45) is 5.92 Å². The van der Waals surface area contributed by atoms with Crippen molar-refractivity contribution in [1.29, 1.82) is 0 Å². The average Bonchev–Trinajstić information content (AvgIpc) is 3.18. The third-order valence-corrected chi connectivity index (χ3v) is 7.66. The Morgan fingerprint density at radius 2 is 1.73 bits per heavy atom. The van der Waals surface area contributed by atoms with Crippen molar-refractivity contribution in [3.8, 4) is 0 Å². The monoisotopic (exact) mass is 380 g/mol. The van der Waals surface area contributed by atoms with Crippen molar-refractivity contribution < 1.29 is 18.1 Å². The first-order chi connectivity index (χ1) is 12.4. The van der Waals surface area contributed by atoms with Crippen molar-refractivity contribution in [1.82, 2.24) is 4.31 Å². The van der Waals surface area contributed by atoms with Crippen LogP contribution in [-0.2, 0) is 14.8 Å². The van der Waals surface area contributed by atoms with Crippen LogP contribution in [0, 0.1) is 5.92 Å². The molecule has 26 heavy (non-hydrogen) atoms. The van der Waals surface area contributed by atoms with Crippen molar-refractivity contribution in [2.75, 3.05) is 31.5 Å². The SMILES string of the molecule is CC1CC[NH+]([C@@H](C)C(=O)Nc2ccc(S(=O)(=O)N3CCCC3)cc2)CC1. The summed E-state index contributed by atoms with van der Waals surface area (Å²) in [5.74, 6) is 0.740. The summed E-state index contributed by atoms with van der Waals surface area (Å²) < 4.78 is 26.6. The van der Waals surface area contributed by atoms with Gasteiger partial charge in [-0.1, -0.05) is 6.92 Å². The maximum Gasteiger partial charge on any atom is 0.282 e. The molecule has 3 rings (SSSR count). The number of amides is 1. The molecule has 0 spiro atoms. The summed E-state index contributed by atoms with van der Waals surface area (Å²) in [6, 6.07) is 6.44. The summed E-state index contributed by atoms with van der Waals surface area (Å²) in [6.45, 7) is 7.47. The number of nitrogens with zero attached hydrogens (tertiary/aromatic N) is 1. The number of hydrogen-bond acceptors (Lipinski definition) is 3. The van der Waals surface area contributed by atoms with Crippen molar-refractivity contribution in [3.05, 3.63) is 24.3 Å². The number of sulfonamides is 1. The minimum atomic E-state index is -3.41. The fraction of sp³-hybridized carbons (Fsp3) is 0.632. The highest BCUT2D eigenvalue weighted by Gasteiger charge is 2.29. The lowest BCUT2D eigenvalue weighted by atomic mass is 9.98. The molecule has 2 N–H and O–H groups in total. The molecule has 0 radical (unpaired) electrons. The van der Waals surface area contributed by atoms with E-state index in [-0.39, 0.29) is 11.9 Å². The second kappa shape index (κ2) is 8.06. The Kier molecular flexibility index (Phi) is 5.99. The molecule has 0 saturated carbocycles. The number of likely N-dealkylation sites (tertiary alicyclic amines) is 1. The quantitative estimate of drug-likeness (QED) is 0.804. The van der Waals surface area contributed by atoms with E-state index in [0.717, 1.165) is 44.7 Å². The molecule has 2 fully saturated rings. The fourth-order valence-corrected chi connectivity index (χ4v) is 5.31. The van der Waals surface area contributed by atoms with E-state index in [1.165, 1.54) is 9.21 Å². The van der Waals surface area contributed by atoms with Gasteiger partial charge < -0.3 is 10.2 Å². The number of anilines is 1. The van der Waals surface area contributed by atoms with Crippen LogP contribution in [0.25, 0.3) is 0 Å². The smallest absolute Gasteiger partial charge is 0.282 e. The number of hydrogen-bond donors (Lipinski definition) is 2. The lowest BCUT2D eigenvalue weighted by Crippen LogP contribution is -3.17. The van der Waals surface area contributed by atoms with Crippen molar-refractivity contribution in [3.63, 3.8) is 0 Å². The van der Waals surface area contributed by atoms with Gasteiger partial charge in [0, 0.05) is 18.8 Å². The van der Waals surface area contributed by atoms with E-state index in [9.17, 15) is 13.2 Å². The molecule has 1 amide bonds. The van der Waals surface area contributed by atoms with Crippen LogP contribution in [0.15, 0.2) is 29.2 Å². The predicted molar refractivity (Wildman–Crippen MR) is 102 cm³/mol. The normalized spacial score (nSPS) is 25.8. The molecule has 0 aromatic heterocycles. The van der Waals surface area contributed by atoms with Crippen LogP contribution in [0.1, 0.15) is 39.5 Å². The first kappa shape index (κ1) is 19.3. The van der Waals surface area contributed by atoms with Gasteiger partial charge in [-0.2, -0.15) is 4.31 Å². The Bertz CT molecular complexity index is 719. The predicted octanol–water partition coefficient (Wildman–Crippen LogP) is 1.11. The van der Waals surface area contributed by atoms with Gasteiger partial charge in [0.1, 0.15) is 0 Å². The van der Waals surface area contributed by atoms with E-state index >= 15 is 0 Å². The molecule has 2 aliphatic rings. The van der Waals surface area contributed by atoms with Gasteiger partial charge in [0.25, 0.3) is 5.91 Å². The molecule has 1 aromatic rings. The Morgan fingerprint density at radius 1 is 1.15 bits per heavy atom. The summed E-state index contributed by atoms with van der Waals surface area (Å²) in [5, 5.41) is 2.93. The van der Waals surface area contributed by atoms with Crippen LogP contribution in [-0.4, -0.2) is 50.9 Å².